The Balaban J connectivity index is 1.60. The molecule has 1 aromatic carbocycles. The number of ether oxygens (including phenoxy) is 2. The van der Waals surface area contributed by atoms with E-state index in [-0.39, 0.29) is 30.9 Å². The second-order valence-corrected chi connectivity index (χ2v) is 10.4. The number of rotatable bonds is 6. The molecule has 2 aromatic heterocycles. The predicted octanol–water partition coefficient (Wildman–Crippen LogP) is 4.61. The Bertz CT molecular complexity index is 1280. The van der Waals surface area contributed by atoms with Gasteiger partial charge in [0.25, 0.3) is 5.91 Å². The van der Waals surface area contributed by atoms with Crippen molar-refractivity contribution in [1.29, 1.82) is 0 Å². The summed E-state index contributed by atoms with van der Waals surface area (Å²) < 4.78 is 18.7. The van der Waals surface area contributed by atoms with Gasteiger partial charge < -0.3 is 28.7 Å². The number of nitrogens with zero attached hydrogens (tertiary/aromatic N) is 2. The maximum atomic E-state index is 14.1. The van der Waals surface area contributed by atoms with Gasteiger partial charge in [0.05, 0.1) is 39.1 Å². The van der Waals surface area contributed by atoms with Gasteiger partial charge >= 0.3 is 0 Å². The van der Waals surface area contributed by atoms with Crippen LogP contribution in [0.5, 0.6) is 11.5 Å². The lowest BCUT2D eigenvalue weighted by Gasteiger charge is -2.45. The van der Waals surface area contributed by atoms with Gasteiger partial charge in [-0.2, -0.15) is 0 Å². The Labute approximate surface area is 211 Å². The number of furan rings is 1. The van der Waals surface area contributed by atoms with Crippen molar-refractivity contribution in [3.63, 3.8) is 0 Å². The second kappa shape index (κ2) is 9.22. The molecule has 0 unspecified atom stereocenters. The van der Waals surface area contributed by atoms with Crippen LogP contribution in [0.1, 0.15) is 56.3 Å². The van der Waals surface area contributed by atoms with Gasteiger partial charge in [0.1, 0.15) is 28.5 Å². The highest BCUT2D eigenvalue weighted by molar-refractivity contribution is 6.05. The van der Waals surface area contributed by atoms with Crippen LogP contribution in [-0.2, 0) is 17.9 Å². The van der Waals surface area contributed by atoms with Crippen LogP contribution < -0.4 is 14.8 Å². The van der Waals surface area contributed by atoms with Crippen molar-refractivity contribution in [3.05, 3.63) is 48.0 Å². The molecule has 192 valence electrons. The van der Waals surface area contributed by atoms with Gasteiger partial charge in [-0.3, -0.25) is 9.59 Å². The SMILES string of the molecule is COc1ccc(OC)c2c1cc1n2C[C@](C)(C(=O)N[C@@H]2CCC[C@H](C)[C@H]2C)N(Cc2ccco2)C1=O. The van der Waals surface area contributed by atoms with E-state index in [1.54, 1.807) is 31.4 Å². The zero-order chi connectivity index (χ0) is 25.6. The highest BCUT2D eigenvalue weighted by Crippen LogP contribution is 2.41. The molecular weight excluding hydrogens is 458 g/mol. The molecule has 2 amide bonds. The number of aromatic nitrogens is 1. The van der Waals surface area contributed by atoms with E-state index < -0.39 is 5.54 Å². The molecule has 1 N–H and O–H groups in total. The van der Waals surface area contributed by atoms with Gasteiger partial charge in [-0.25, -0.2) is 0 Å². The highest BCUT2D eigenvalue weighted by Gasteiger charge is 2.49. The Morgan fingerprint density at radius 2 is 1.92 bits per heavy atom. The summed E-state index contributed by atoms with van der Waals surface area (Å²) >= 11 is 0. The topological polar surface area (TPSA) is 85.9 Å². The fourth-order valence-electron chi connectivity index (χ4n) is 5.87. The third kappa shape index (κ3) is 3.83. The Morgan fingerprint density at radius 1 is 1.17 bits per heavy atom. The molecule has 8 heteroatoms. The number of amides is 2. The number of hydrogen-bond donors (Lipinski definition) is 1. The molecule has 3 aromatic rings. The number of carbonyl (C=O) groups excluding carboxylic acids is 2. The minimum Gasteiger partial charge on any atom is -0.496 e. The van der Waals surface area contributed by atoms with Crippen molar-refractivity contribution in [2.75, 3.05) is 14.2 Å². The molecule has 3 heterocycles. The van der Waals surface area contributed by atoms with Crippen LogP contribution >= 0.6 is 0 Å². The van der Waals surface area contributed by atoms with E-state index in [4.69, 9.17) is 13.9 Å². The summed E-state index contributed by atoms with van der Waals surface area (Å²) in [6, 6.07) is 9.19. The first-order valence-corrected chi connectivity index (χ1v) is 12.7. The summed E-state index contributed by atoms with van der Waals surface area (Å²) in [7, 11) is 3.21. The molecule has 1 aliphatic heterocycles. The first-order chi connectivity index (χ1) is 17.3. The summed E-state index contributed by atoms with van der Waals surface area (Å²) in [5.74, 6) is 2.43. The summed E-state index contributed by atoms with van der Waals surface area (Å²) in [5, 5.41) is 4.10. The van der Waals surface area contributed by atoms with E-state index in [9.17, 15) is 9.59 Å². The fraction of sp³-hybridized carbons (Fsp3) is 0.500. The van der Waals surface area contributed by atoms with Crippen molar-refractivity contribution >= 4 is 22.7 Å². The summed E-state index contributed by atoms with van der Waals surface area (Å²) in [6.45, 7) is 6.78. The zero-order valence-electron chi connectivity index (χ0n) is 21.7. The minimum atomic E-state index is -1.14. The second-order valence-electron chi connectivity index (χ2n) is 10.4. The van der Waals surface area contributed by atoms with E-state index in [2.05, 4.69) is 19.2 Å². The van der Waals surface area contributed by atoms with Gasteiger partial charge in [-0.1, -0.05) is 26.7 Å². The van der Waals surface area contributed by atoms with Crippen LogP contribution in [-0.4, -0.2) is 47.1 Å². The molecule has 5 rings (SSSR count). The number of methoxy groups -OCH3 is 2. The molecule has 1 saturated carbocycles. The van der Waals surface area contributed by atoms with E-state index in [1.165, 1.54) is 6.42 Å². The molecule has 1 aliphatic carbocycles. The van der Waals surface area contributed by atoms with Crippen LogP contribution in [0.4, 0.5) is 0 Å². The number of carbonyl (C=O) groups is 2. The van der Waals surface area contributed by atoms with Crippen LogP contribution in [0.2, 0.25) is 0 Å². The third-order valence-corrected chi connectivity index (χ3v) is 8.35. The maximum Gasteiger partial charge on any atom is 0.271 e. The summed E-state index contributed by atoms with van der Waals surface area (Å²) in [6.07, 6.45) is 4.79. The number of hydrogen-bond acceptors (Lipinski definition) is 5. The average Bonchev–Trinajstić information content (AvgIpc) is 3.52. The highest BCUT2D eigenvalue weighted by atomic mass is 16.5. The first-order valence-electron chi connectivity index (χ1n) is 12.7. The number of fused-ring (bicyclic) bond motifs is 3. The van der Waals surface area contributed by atoms with E-state index >= 15 is 0 Å². The summed E-state index contributed by atoms with van der Waals surface area (Å²) in [5.41, 5.74) is 0.0953. The predicted molar refractivity (Wildman–Crippen MR) is 136 cm³/mol. The standard InChI is InChI=1S/C28H35N3O5/c1-17-8-6-10-21(18(17)2)29-27(33)28(3)16-30-22(26(32)31(28)15-19-9-7-13-36-19)14-20-23(34-4)11-12-24(35-5)25(20)30/h7,9,11-14,17-18,21H,6,8,10,15-16H2,1-5H3,(H,29,33)/t17-,18+,21+,28+/m0/s1. The van der Waals surface area contributed by atoms with Crippen molar-refractivity contribution in [3.8, 4) is 11.5 Å². The van der Waals surface area contributed by atoms with Crippen LogP contribution in [0.25, 0.3) is 10.9 Å². The van der Waals surface area contributed by atoms with Crippen LogP contribution in [0.15, 0.2) is 41.0 Å². The lowest BCUT2D eigenvalue weighted by atomic mass is 9.77. The number of nitrogens with one attached hydrogen (secondary N) is 1. The van der Waals surface area contributed by atoms with Gasteiger partial charge in [-0.15, -0.1) is 0 Å². The van der Waals surface area contributed by atoms with Gasteiger partial charge in [0.15, 0.2) is 0 Å². The molecule has 36 heavy (non-hydrogen) atoms. The van der Waals surface area contributed by atoms with Crippen molar-refractivity contribution in [1.82, 2.24) is 14.8 Å². The lowest BCUT2D eigenvalue weighted by Crippen LogP contribution is -2.65. The Hall–Kier alpha value is -3.42. The molecule has 0 spiro atoms. The van der Waals surface area contributed by atoms with Gasteiger partial charge in [0, 0.05) is 11.4 Å². The zero-order valence-corrected chi connectivity index (χ0v) is 21.7. The third-order valence-electron chi connectivity index (χ3n) is 8.35. The average molecular weight is 494 g/mol. The lowest BCUT2D eigenvalue weighted by molar-refractivity contribution is -0.134. The van der Waals surface area contributed by atoms with Crippen molar-refractivity contribution in [2.24, 2.45) is 11.8 Å². The minimum absolute atomic E-state index is 0.0797. The number of benzene rings is 1. The van der Waals surface area contributed by atoms with Crippen LogP contribution in [0, 0.1) is 11.8 Å². The molecule has 2 aliphatic rings. The Morgan fingerprint density at radius 3 is 2.61 bits per heavy atom. The van der Waals surface area contributed by atoms with Gasteiger partial charge in [-0.05, 0) is 55.5 Å². The van der Waals surface area contributed by atoms with Crippen LogP contribution in [0.3, 0.4) is 0 Å². The molecule has 0 radical (unpaired) electrons. The molecule has 0 bridgehead atoms. The summed E-state index contributed by atoms with van der Waals surface area (Å²) in [4.78, 5) is 29.8. The van der Waals surface area contributed by atoms with Gasteiger partial charge in [0.2, 0.25) is 5.91 Å². The van der Waals surface area contributed by atoms with E-state index in [0.29, 0.717) is 34.8 Å². The molecule has 4 atom stereocenters. The first kappa shape index (κ1) is 24.3. The molecular formula is C28H35N3O5. The van der Waals surface area contributed by atoms with Crippen molar-refractivity contribution in [2.45, 2.75) is 64.7 Å². The fourth-order valence-corrected chi connectivity index (χ4v) is 5.87. The van der Waals surface area contributed by atoms with E-state index in [0.717, 1.165) is 23.7 Å². The quantitative estimate of drug-likeness (QED) is 0.542. The van der Waals surface area contributed by atoms with Crippen molar-refractivity contribution < 1.29 is 23.5 Å². The monoisotopic (exact) mass is 493 g/mol. The largest absolute Gasteiger partial charge is 0.496 e. The molecule has 8 nitrogen and oxygen atoms in total. The Kier molecular flexibility index (Phi) is 6.22. The molecule has 1 fully saturated rings. The van der Waals surface area contributed by atoms with E-state index in [1.807, 2.05) is 35.8 Å². The smallest absolute Gasteiger partial charge is 0.271 e. The maximum absolute atomic E-state index is 14.1. The normalized spacial score (nSPS) is 26.1. The molecule has 0 saturated heterocycles.